The first-order chi connectivity index (χ1) is 21.3. The van der Waals surface area contributed by atoms with Crippen molar-refractivity contribution in [2.24, 2.45) is 5.73 Å². The summed E-state index contributed by atoms with van der Waals surface area (Å²) in [6, 6.07) is 10.2. The first kappa shape index (κ1) is 30.0. The molecule has 16 heteroatoms. The summed E-state index contributed by atoms with van der Waals surface area (Å²) < 4.78 is 15.4. The molecule has 8 N–H and O–H groups in total. The maximum absolute atomic E-state index is 14.4. The van der Waals surface area contributed by atoms with Crippen LogP contribution in [0.3, 0.4) is 0 Å². The minimum Gasteiger partial charge on any atom is -0.478 e. The average molecular weight is 615 g/mol. The van der Waals surface area contributed by atoms with Crippen molar-refractivity contribution in [3.8, 4) is 0 Å². The number of nitrogens with one attached hydrogen (secondary N) is 3. The minimum absolute atomic E-state index is 0.0694. The summed E-state index contributed by atoms with van der Waals surface area (Å²) in [6.07, 6.45) is 1.10. The molecule has 0 radical (unpaired) electrons. The first-order valence-electron chi connectivity index (χ1n) is 13.1. The van der Waals surface area contributed by atoms with Crippen molar-refractivity contribution in [1.29, 1.82) is 0 Å². The van der Waals surface area contributed by atoms with Gasteiger partial charge >= 0.3 is 5.97 Å². The number of carboxylic acids is 1. The Kier molecular flexibility index (Phi) is 7.79. The summed E-state index contributed by atoms with van der Waals surface area (Å²) in [7, 11) is 0. The lowest BCUT2D eigenvalue weighted by atomic mass is 10.1. The lowest BCUT2D eigenvalue weighted by Crippen LogP contribution is -2.36. The number of amides is 3. The normalized spacial score (nSPS) is 11.7. The van der Waals surface area contributed by atoms with E-state index in [0.717, 1.165) is 22.8 Å². The second-order valence-electron chi connectivity index (χ2n) is 9.88. The summed E-state index contributed by atoms with van der Waals surface area (Å²) in [5, 5.41) is 20.9. The molecule has 5 aromatic rings. The topological polar surface area (TPSA) is 241 Å². The number of halogens is 1. The summed E-state index contributed by atoms with van der Waals surface area (Å²) in [4.78, 5) is 77.0. The van der Waals surface area contributed by atoms with Gasteiger partial charge in [-0.15, -0.1) is 0 Å². The Morgan fingerprint density at radius 1 is 1.02 bits per heavy atom. The highest BCUT2D eigenvalue weighted by molar-refractivity contribution is 6.02. The van der Waals surface area contributed by atoms with E-state index >= 15 is 0 Å². The molecule has 0 fully saturated rings. The molecule has 3 amide bonds. The predicted octanol–water partition coefficient (Wildman–Crippen LogP) is 1.01. The van der Waals surface area contributed by atoms with E-state index < -0.39 is 46.4 Å². The van der Waals surface area contributed by atoms with Gasteiger partial charge in [-0.3, -0.25) is 24.0 Å². The number of carbonyl (C=O) groups excluding carboxylic acids is 3. The summed E-state index contributed by atoms with van der Waals surface area (Å²) >= 11 is 0. The number of fused-ring (bicyclic) bond motifs is 1. The Labute approximate surface area is 251 Å². The molecule has 15 nitrogen and oxygen atoms in total. The molecule has 3 aromatic carbocycles. The lowest BCUT2D eigenvalue weighted by molar-refractivity contribution is 0.0695. The third kappa shape index (κ3) is 5.79. The molecule has 5 rings (SSSR count). The van der Waals surface area contributed by atoms with Crippen molar-refractivity contribution in [2.75, 3.05) is 11.1 Å². The largest absolute Gasteiger partial charge is 0.478 e. The molecule has 2 aromatic heterocycles. The quantitative estimate of drug-likeness (QED) is 0.121. The van der Waals surface area contributed by atoms with E-state index in [1.165, 1.54) is 36.4 Å². The Bertz CT molecular complexity index is 2100. The molecular formula is C29H23FN8O7. The zero-order chi connectivity index (χ0) is 32.6. The Balaban J connectivity index is 1.39. The van der Waals surface area contributed by atoms with Crippen LogP contribution >= 0.6 is 0 Å². The molecule has 0 saturated carbocycles. The number of hydrogen-bond donors (Lipinski definition) is 6. The van der Waals surface area contributed by atoms with Gasteiger partial charge in [0.15, 0.2) is 5.65 Å². The van der Waals surface area contributed by atoms with Crippen molar-refractivity contribution in [3.63, 3.8) is 0 Å². The molecule has 0 unspecified atom stereocenters. The molecule has 1 atom stereocenters. The number of carboxylic acid groups (broad SMARTS) is 1. The van der Waals surface area contributed by atoms with Crippen LogP contribution in [-0.2, 0) is 6.54 Å². The zero-order valence-corrected chi connectivity index (χ0v) is 23.3. The average Bonchev–Trinajstić information content (AvgIpc) is 3.47. The standard InChI is InChI=1S/C29H23FN8O7/c1-12(14-3-5-15(6-4-14)29(44)45)35-27(42)19-9-20(38-26(37-19)16(11-34-38)25(32)41)28(43)33-10-13-2-7-17(30)18(8-13)36-22-21(31)23(39)24(22)40/h2-9,11-12,36H,10,31H2,1H3,(H2,32,41)(H,33,43)(H,35,42)(H,44,45)/t12-/m0/s1. The van der Waals surface area contributed by atoms with Gasteiger partial charge in [-0.05, 0) is 42.3 Å². The smallest absolute Gasteiger partial charge is 0.335 e. The molecule has 0 aliphatic carbocycles. The van der Waals surface area contributed by atoms with Crippen LogP contribution in [0, 0.1) is 5.82 Å². The molecule has 45 heavy (non-hydrogen) atoms. The molecule has 0 aliphatic rings. The van der Waals surface area contributed by atoms with Crippen molar-refractivity contribution in [1.82, 2.24) is 25.2 Å². The second kappa shape index (κ2) is 11.7. The monoisotopic (exact) mass is 614 g/mol. The fourth-order valence-electron chi connectivity index (χ4n) is 4.40. The van der Waals surface area contributed by atoms with Crippen LogP contribution in [0.2, 0.25) is 0 Å². The maximum Gasteiger partial charge on any atom is 0.335 e. The van der Waals surface area contributed by atoms with Gasteiger partial charge in [0.05, 0.1) is 23.5 Å². The molecular weight excluding hydrogens is 591 g/mol. The number of aromatic nitrogens is 3. The summed E-state index contributed by atoms with van der Waals surface area (Å²) in [5.74, 6) is -4.22. The molecule has 2 heterocycles. The van der Waals surface area contributed by atoms with Crippen LogP contribution in [-0.4, -0.2) is 43.4 Å². The van der Waals surface area contributed by atoms with Crippen LogP contribution in [0.1, 0.15) is 65.8 Å². The number of rotatable bonds is 10. The Morgan fingerprint density at radius 2 is 1.73 bits per heavy atom. The molecule has 228 valence electrons. The van der Waals surface area contributed by atoms with Crippen LogP contribution in [0.4, 0.5) is 21.5 Å². The number of anilines is 3. The fourth-order valence-corrected chi connectivity index (χ4v) is 4.40. The van der Waals surface area contributed by atoms with Crippen LogP contribution < -0.4 is 38.3 Å². The number of primary amides is 1. The first-order valence-corrected chi connectivity index (χ1v) is 13.1. The SMILES string of the molecule is C[C@H](NC(=O)c1cc(C(=O)NCc2ccc(F)c(Nc3c(N)c(=O)c3=O)c2)n2ncc(C(N)=O)c2n1)c1ccc(C(=O)O)cc1. The van der Waals surface area contributed by atoms with Gasteiger partial charge in [-0.2, -0.15) is 5.10 Å². The summed E-state index contributed by atoms with van der Waals surface area (Å²) in [5.41, 5.74) is 8.78. The molecule has 0 spiro atoms. The number of nitrogen functional groups attached to an aromatic ring is 1. The van der Waals surface area contributed by atoms with E-state index in [-0.39, 0.29) is 51.8 Å². The predicted molar refractivity (Wildman–Crippen MR) is 157 cm³/mol. The Morgan fingerprint density at radius 3 is 2.38 bits per heavy atom. The van der Waals surface area contributed by atoms with E-state index in [4.69, 9.17) is 16.6 Å². The van der Waals surface area contributed by atoms with Crippen molar-refractivity contribution in [3.05, 3.63) is 115 Å². The minimum atomic E-state index is -1.10. The Hall–Kier alpha value is -6.45. The maximum atomic E-state index is 14.4. The molecule has 0 bridgehead atoms. The fraction of sp³-hybridized carbons (Fsp3) is 0.103. The lowest BCUT2D eigenvalue weighted by Gasteiger charge is -2.15. The van der Waals surface area contributed by atoms with Gasteiger partial charge in [-0.25, -0.2) is 18.7 Å². The van der Waals surface area contributed by atoms with E-state index in [1.54, 1.807) is 6.92 Å². The zero-order valence-electron chi connectivity index (χ0n) is 23.3. The van der Waals surface area contributed by atoms with Gasteiger partial charge in [0.2, 0.25) is 0 Å². The highest BCUT2D eigenvalue weighted by Gasteiger charge is 2.23. The van der Waals surface area contributed by atoms with Gasteiger partial charge in [0.25, 0.3) is 28.6 Å². The van der Waals surface area contributed by atoms with Crippen LogP contribution in [0.25, 0.3) is 5.65 Å². The van der Waals surface area contributed by atoms with Crippen molar-refractivity contribution < 1.29 is 28.7 Å². The molecule has 0 saturated heterocycles. The number of nitrogens with zero attached hydrogens (tertiary/aromatic N) is 3. The number of benzene rings is 2. The van der Waals surface area contributed by atoms with Gasteiger partial charge in [-0.1, -0.05) is 18.2 Å². The van der Waals surface area contributed by atoms with Crippen molar-refractivity contribution in [2.45, 2.75) is 19.5 Å². The van der Waals surface area contributed by atoms with E-state index in [1.807, 2.05) is 0 Å². The highest BCUT2D eigenvalue weighted by atomic mass is 19.1. The van der Waals surface area contributed by atoms with E-state index in [9.17, 15) is 33.2 Å². The molecule has 0 aliphatic heterocycles. The van der Waals surface area contributed by atoms with Crippen LogP contribution in [0.5, 0.6) is 0 Å². The number of nitrogens with two attached hydrogens (primary N) is 2. The van der Waals surface area contributed by atoms with Gasteiger partial charge in [0, 0.05) is 12.6 Å². The van der Waals surface area contributed by atoms with E-state index in [0.29, 0.717) is 11.1 Å². The third-order valence-corrected chi connectivity index (χ3v) is 6.90. The summed E-state index contributed by atoms with van der Waals surface area (Å²) in [6.45, 7) is 1.50. The third-order valence-electron chi connectivity index (χ3n) is 6.90. The van der Waals surface area contributed by atoms with Crippen molar-refractivity contribution >= 4 is 46.4 Å². The van der Waals surface area contributed by atoms with Gasteiger partial charge in [0.1, 0.15) is 34.1 Å². The number of hydrogen-bond acceptors (Lipinski definition) is 10. The van der Waals surface area contributed by atoms with E-state index in [2.05, 4.69) is 26.0 Å². The highest BCUT2D eigenvalue weighted by Crippen LogP contribution is 2.23. The van der Waals surface area contributed by atoms with Crippen LogP contribution in [0.15, 0.2) is 64.3 Å². The van der Waals surface area contributed by atoms with Gasteiger partial charge < -0.3 is 32.5 Å². The number of carbonyl (C=O) groups is 4. The number of aromatic carboxylic acids is 1. The second-order valence-corrected chi connectivity index (χ2v) is 9.88.